The van der Waals surface area contributed by atoms with E-state index in [4.69, 9.17) is 0 Å². The van der Waals surface area contributed by atoms with E-state index < -0.39 is 0 Å². The summed E-state index contributed by atoms with van der Waals surface area (Å²) in [6, 6.07) is 0. The molecule has 1 aliphatic heterocycles. The molecule has 0 aromatic carbocycles. The molecule has 0 spiro atoms. The molecular weight excluding hydrogens is 162 g/mol. The van der Waals surface area contributed by atoms with Crippen LogP contribution in [0.4, 0.5) is 0 Å². The Balaban J connectivity index is 2.03. The van der Waals surface area contributed by atoms with Gasteiger partial charge in [0, 0.05) is 13.1 Å². The van der Waals surface area contributed by atoms with Crippen molar-refractivity contribution in [2.75, 3.05) is 19.6 Å². The molecule has 0 bridgehead atoms. The second-order valence-corrected chi connectivity index (χ2v) is 4.39. The molecule has 78 valence electrons. The van der Waals surface area contributed by atoms with Crippen LogP contribution in [0, 0.1) is 0 Å². The first-order valence-electron chi connectivity index (χ1n) is 5.65. The fourth-order valence-electron chi connectivity index (χ4n) is 2.15. The molecule has 0 radical (unpaired) electrons. The van der Waals surface area contributed by atoms with Crippen LogP contribution in [0.25, 0.3) is 0 Å². The van der Waals surface area contributed by atoms with Gasteiger partial charge in [-0.2, -0.15) is 0 Å². The van der Waals surface area contributed by atoms with E-state index in [1.165, 1.54) is 25.8 Å². The number of rotatable bonds is 6. The van der Waals surface area contributed by atoms with Crippen molar-refractivity contribution in [2.45, 2.75) is 51.6 Å². The Bertz CT molecular complexity index is 141. The third kappa shape index (κ3) is 3.28. The molecule has 1 N–H and O–H groups in total. The highest BCUT2D eigenvalue weighted by Gasteiger charge is 2.39. The van der Waals surface area contributed by atoms with E-state index in [2.05, 4.69) is 18.7 Å². The van der Waals surface area contributed by atoms with Crippen molar-refractivity contribution >= 4 is 0 Å². The fraction of sp³-hybridized carbons (Fsp3) is 1.00. The molecule has 0 aliphatic carbocycles. The number of likely N-dealkylation sites (tertiary alicyclic amines) is 1. The lowest BCUT2D eigenvalue weighted by Crippen LogP contribution is -2.61. The first kappa shape index (κ1) is 11.0. The van der Waals surface area contributed by atoms with Crippen LogP contribution in [0.2, 0.25) is 0 Å². The first-order chi connectivity index (χ1) is 6.20. The molecule has 1 fully saturated rings. The van der Waals surface area contributed by atoms with Gasteiger partial charge in [0.1, 0.15) is 0 Å². The average molecular weight is 185 g/mol. The third-order valence-corrected chi connectivity index (χ3v) is 2.83. The lowest BCUT2D eigenvalue weighted by atomic mass is 9.89. The minimum atomic E-state index is -0.332. The Morgan fingerprint density at radius 2 is 1.85 bits per heavy atom. The summed E-state index contributed by atoms with van der Waals surface area (Å²) < 4.78 is 0. The summed E-state index contributed by atoms with van der Waals surface area (Å²) in [5.74, 6) is 0. The number of aliphatic hydroxyl groups is 1. The second-order valence-electron chi connectivity index (χ2n) is 4.39. The smallest absolute Gasteiger partial charge is 0.0900 e. The van der Waals surface area contributed by atoms with Gasteiger partial charge in [-0.25, -0.2) is 0 Å². The lowest BCUT2D eigenvalue weighted by molar-refractivity contribution is -0.103. The van der Waals surface area contributed by atoms with E-state index >= 15 is 0 Å². The maximum absolute atomic E-state index is 9.90. The molecule has 1 saturated heterocycles. The predicted molar refractivity (Wildman–Crippen MR) is 55.8 cm³/mol. The van der Waals surface area contributed by atoms with Gasteiger partial charge in [0.05, 0.1) is 5.60 Å². The lowest BCUT2D eigenvalue weighted by Gasteiger charge is -2.46. The zero-order valence-electron chi connectivity index (χ0n) is 9.05. The largest absolute Gasteiger partial charge is 0.387 e. The van der Waals surface area contributed by atoms with Crippen LogP contribution in [-0.2, 0) is 0 Å². The van der Waals surface area contributed by atoms with Gasteiger partial charge in [0.2, 0.25) is 0 Å². The maximum Gasteiger partial charge on any atom is 0.0900 e. The molecule has 0 aromatic heterocycles. The van der Waals surface area contributed by atoms with Crippen LogP contribution in [-0.4, -0.2) is 35.2 Å². The summed E-state index contributed by atoms with van der Waals surface area (Å²) in [6.45, 7) is 7.36. The monoisotopic (exact) mass is 185 g/mol. The van der Waals surface area contributed by atoms with Gasteiger partial charge in [0.15, 0.2) is 0 Å². The molecule has 2 heteroatoms. The normalized spacial score (nSPS) is 21.5. The number of hydrogen-bond donors (Lipinski definition) is 1. The van der Waals surface area contributed by atoms with Crippen molar-refractivity contribution in [2.24, 2.45) is 0 Å². The zero-order valence-corrected chi connectivity index (χ0v) is 9.05. The Morgan fingerprint density at radius 3 is 2.38 bits per heavy atom. The van der Waals surface area contributed by atoms with Crippen molar-refractivity contribution in [3.05, 3.63) is 0 Å². The Kier molecular flexibility index (Phi) is 4.20. The van der Waals surface area contributed by atoms with Crippen LogP contribution < -0.4 is 0 Å². The SMILES string of the molecule is CCCCCN1CC(O)(CCC)C1. The summed E-state index contributed by atoms with van der Waals surface area (Å²) in [4.78, 5) is 2.37. The highest BCUT2D eigenvalue weighted by Crippen LogP contribution is 2.25. The molecule has 1 heterocycles. The van der Waals surface area contributed by atoms with E-state index in [1.807, 2.05) is 0 Å². The van der Waals surface area contributed by atoms with Crippen molar-refractivity contribution in [3.63, 3.8) is 0 Å². The molecule has 0 saturated carbocycles. The van der Waals surface area contributed by atoms with E-state index in [0.29, 0.717) is 0 Å². The van der Waals surface area contributed by atoms with Crippen LogP contribution in [0.5, 0.6) is 0 Å². The van der Waals surface area contributed by atoms with Gasteiger partial charge in [-0.1, -0.05) is 33.1 Å². The highest BCUT2D eigenvalue weighted by molar-refractivity contribution is 4.94. The first-order valence-corrected chi connectivity index (χ1v) is 5.65. The van der Waals surface area contributed by atoms with Crippen LogP contribution in [0.3, 0.4) is 0 Å². The molecular formula is C11H23NO. The number of hydrogen-bond acceptors (Lipinski definition) is 2. The van der Waals surface area contributed by atoms with E-state index in [-0.39, 0.29) is 5.60 Å². The van der Waals surface area contributed by atoms with Gasteiger partial charge >= 0.3 is 0 Å². The van der Waals surface area contributed by atoms with Crippen molar-refractivity contribution in [1.82, 2.24) is 4.90 Å². The van der Waals surface area contributed by atoms with Gasteiger partial charge in [-0.05, 0) is 19.4 Å². The van der Waals surface area contributed by atoms with E-state index in [9.17, 15) is 5.11 Å². The summed E-state index contributed by atoms with van der Waals surface area (Å²) in [5.41, 5.74) is -0.332. The number of nitrogens with zero attached hydrogens (tertiary/aromatic N) is 1. The summed E-state index contributed by atoms with van der Waals surface area (Å²) >= 11 is 0. The minimum Gasteiger partial charge on any atom is -0.387 e. The summed E-state index contributed by atoms with van der Waals surface area (Å²) in [7, 11) is 0. The molecule has 0 unspecified atom stereocenters. The molecule has 0 atom stereocenters. The predicted octanol–water partition coefficient (Wildman–Crippen LogP) is 2.02. The Morgan fingerprint density at radius 1 is 1.15 bits per heavy atom. The third-order valence-electron chi connectivity index (χ3n) is 2.83. The quantitative estimate of drug-likeness (QED) is 0.640. The van der Waals surface area contributed by atoms with Crippen LogP contribution in [0.1, 0.15) is 46.0 Å². The topological polar surface area (TPSA) is 23.5 Å². The molecule has 13 heavy (non-hydrogen) atoms. The van der Waals surface area contributed by atoms with Gasteiger partial charge in [0.25, 0.3) is 0 Å². The maximum atomic E-state index is 9.90. The molecule has 1 rings (SSSR count). The molecule has 1 aliphatic rings. The van der Waals surface area contributed by atoms with Gasteiger partial charge in [-0.15, -0.1) is 0 Å². The molecule has 0 amide bonds. The van der Waals surface area contributed by atoms with Crippen LogP contribution >= 0.6 is 0 Å². The zero-order chi connectivity index (χ0) is 9.73. The fourth-order valence-corrected chi connectivity index (χ4v) is 2.15. The Labute approximate surface area is 81.9 Å². The van der Waals surface area contributed by atoms with Crippen molar-refractivity contribution in [3.8, 4) is 0 Å². The van der Waals surface area contributed by atoms with Gasteiger partial charge < -0.3 is 5.11 Å². The highest BCUT2D eigenvalue weighted by atomic mass is 16.3. The second kappa shape index (κ2) is 4.97. The summed E-state index contributed by atoms with van der Waals surface area (Å²) in [6.07, 6.45) is 5.96. The van der Waals surface area contributed by atoms with E-state index in [1.54, 1.807) is 0 Å². The van der Waals surface area contributed by atoms with Crippen molar-refractivity contribution in [1.29, 1.82) is 0 Å². The number of unbranched alkanes of at least 4 members (excludes halogenated alkanes) is 2. The molecule has 0 aromatic rings. The standard InChI is InChI=1S/C11H23NO/c1-3-5-6-8-12-9-11(13,10-12)7-4-2/h13H,3-10H2,1-2H3. The minimum absolute atomic E-state index is 0.332. The summed E-state index contributed by atoms with van der Waals surface area (Å²) in [5, 5.41) is 9.90. The number of β-amino-alcohol motifs (C(OH)–C–C–N with tert-alkyl or cyclic N) is 1. The van der Waals surface area contributed by atoms with Crippen LogP contribution in [0.15, 0.2) is 0 Å². The van der Waals surface area contributed by atoms with Gasteiger partial charge in [-0.3, -0.25) is 4.90 Å². The average Bonchev–Trinajstić information content (AvgIpc) is 2.02. The van der Waals surface area contributed by atoms with E-state index in [0.717, 1.165) is 25.9 Å². The van der Waals surface area contributed by atoms with Crippen molar-refractivity contribution < 1.29 is 5.11 Å². The Hall–Kier alpha value is -0.0800. The molecule has 2 nitrogen and oxygen atoms in total.